The molecule has 0 bridgehead atoms. The highest BCUT2D eigenvalue weighted by Crippen LogP contribution is 2.25. The molecule has 2 fully saturated rings. The van der Waals surface area contributed by atoms with Crippen LogP contribution in [0, 0.1) is 17.6 Å². The van der Waals surface area contributed by atoms with Crippen LogP contribution in [0.2, 0.25) is 0 Å². The minimum Gasteiger partial charge on any atom is -0.381 e. The van der Waals surface area contributed by atoms with Crippen molar-refractivity contribution in [1.82, 2.24) is 20.4 Å². The van der Waals surface area contributed by atoms with E-state index in [1.54, 1.807) is 4.90 Å². The zero-order valence-corrected chi connectivity index (χ0v) is 21.8. The van der Waals surface area contributed by atoms with Gasteiger partial charge in [0.25, 0.3) is 0 Å². The third kappa shape index (κ3) is 7.78. The van der Waals surface area contributed by atoms with E-state index in [0.29, 0.717) is 17.9 Å². The number of piperidine rings is 1. The highest BCUT2D eigenvalue weighted by atomic mass is 127. The second kappa shape index (κ2) is 13.6. The minimum absolute atomic E-state index is 0. The Kier molecular flexibility index (Phi) is 11.6. The molecular weight excluding hydrogens is 527 g/mol. The molecule has 9 heteroatoms. The van der Waals surface area contributed by atoms with Gasteiger partial charge in [-0.1, -0.05) is 6.07 Å². The number of nitrogens with zero attached hydrogens (tertiary/aromatic N) is 3. The predicted octanol–water partition coefficient (Wildman–Crippen LogP) is 3.24. The Hall–Kier alpha value is -1.04. The Morgan fingerprint density at radius 3 is 2.47 bits per heavy atom. The van der Waals surface area contributed by atoms with Crippen LogP contribution in [0.25, 0.3) is 0 Å². The fourth-order valence-electron chi connectivity index (χ4n) is 4.39. The standard InChI is InChI=1S/C23H37F2N5O.HI/c1-4-26-23(27-14-21(29(2)3)22-19(24)6-5-7-20(22)25)28-18-8-11-30(12-9-18)15-17-10-13-31-16-17;/h5-7,17-18,21H,4,8-16H2,1-3H3,(H2,26,27,28);1H. The summed E-state index contributed by atoms with van der Waals surface area (Å²) >= 11 is 0. The zero-order valence-electron chi connectivity index (χ0n) is 19.4. The molecule has 32 heavy (non-hydrogen) atoms. The van der Waals surface area contributed by atoms with Crippen molar-refractivity contribution in [2.45, 2.75) is 38.3 Å². The summed E-state index contributed by atoms with van der Waals surface area (Å²) in [6, 6.07) is 3.85. The van der Waals surface area contributed by atoms with Gasteiger partial charge in [-0.3, -0.25) is 4.99 Å². The fourth-order valence-corrected chi connectivity index (χ4v) is 4.39. The van der Waals surface area contributed by atoms with Crippen molar-refractivity contribution in [1.29, 1.82) is 0 Å². The molecule has 182 valence electrons. The number of benzene rings is 1. The van der Waals surface area contributed by atoms with E-state index >= 15 is 0 Å². The Balaban J connectivity index is 0.00000363. The smallest absolute Gasteiger partial charge is 0.191 e. The van der Waals surface area contributed by atoms with Gasteiger partial charge in [0.1, 0.15) is 11.6 Å². The molecule has 1 aromatic rings. The molecule has 0 aromatic heterocycles. The summed E-state index contributed by atoms with van der Waals surface area (Å²) in [6.45, 7) is 8.06. The number of halogens is 3. The number of aliphatic imine (C=N–C) groups is 1. The second-order valence-corrected chi connectivity index (χ2v) is 8.78. The predicted molar refractivity (Wildman–Crippen MR) is 136 cm³/mol. The van der Waals surface area contributed by atoms with Crippen molar-refractivity contribution in [2.75, 3.05) is 60.0 Å². The molecule has 2 N–H and O–H groups in total. The maximum atomic E-state index is 14.3. The van der Waals surface area contributed by atoms with E-state index < -0.39 is 17.7 Å². The first-order valence-electron chi connectivity index (χ1n) is 11.4. The van der Waals surface area contributed by atoms with Crippen LogP contribution < -0.4 is 10.6 Å². The Labute approximate surface area is 208 Å². The highest BCUT2D eigenvalue weighted by Gasteiger charge is 2.25. The number of hydrogen-bond acceptors (Lipinski definition) is 4. The second-order valence-electron chi connectivity index (χ2n) is 8.78. The first kappa shape index (κ1) is 27.2. The molecule has 6 nitrogen and oxygen atoms in total. The number of guanidine groups is 1. The molecule has 0 aliphatic carbocycles. The van der Waals surface area contributed by atoms with Gasteiger partial charge in [-0.25, -0.2) is 8.78 Å². The van der Waals surface area contributed by atoms with Crippen molar-refractivity contribution in [3.63, 3.8) is 0 Å². The Morgan fingerprint density at radius 1 is 1.22 bits per heavy atom. The SMILES string of the molecule is CCNC(=NCC(c1c(F)cccc1F)N(C)C)NC1CCN(CC2CCOC2)CC1.I. The summed E-state index contributed by atoms with van der Waals surface area (Å²) in [5.41, 5.74) is 0.0660. The molecule has 0 radical (unpaired) electrons. The lowest BCUT2D eigenvalue weighted by Crippen LogP contribution is -2.49. The third-order valence-corrected chi connectivity index (χ3v) is 6.19. The topological polar surface area (TPSA) is 52.1 Å². The van der Waals surface area contributed by atoms with Crippen LogP contribution >= 0.6 is 24.0 Å². The monoisotopic (exact) mass is 565 g/mol. The fraction of sp³-hybridized carbons (Fsp3) is 0.696. The van der Waals surface area contributed by atoms with Crippen LogP contribution in [0.4, 0.5) is 8.78 Å². The average molecular weight is 565 g/mol. The summed E-state index contributed by atoms with van der Waals surface area (Å²) in [6.07, 6.45) is 3.28. The van der Waals surface area contributed by atoms with Gasteiger partial charge in [0.15, 0.2) is 5.96 Å². The third-order valence-electron chi connectivity index (χ3n) is 6.19. The van der Waals surface area contributed by atoms with Gasteiger partial charge in [0, 0.05) is 44.4 Å². The normalized spacial score (nSPS) is 21.4. The molecule has 2 atom stereocenters. The molecule has 2 unspecified atom stereocenters. The summed E-state index contributed by atoms with van der Waals surface area (Å²) in [4.78, 5) is 9.02. The molecule has 3 rings (SSSR count). The van der Waals surface area contributed by atoms with E-state index in [2.05, 4.69) is 20.5 Å². The minimum atomic E-state index is -0.535. The maximum absolute atomic E-state index is 14.3. The molecule has 0 amide bonds. The Morgan fingerprint density at radius 2 is 1.91 bits per heavy atom. The van der Waals surface area contributed by atoms with Gasteiger partial charge in [-0.15, -0.1) is 24.0 Å². The molecule has 2 aliphatic heterocycles. The largest absolute Gasteiger partial charge is 0.381 e. The van der Waals surface area contributed by atoms with E-state index in [4.69, 9.17) is 4.74 Å². The quantitative estimate of drug-likeness (QED) is 0.288. The van der Waals surface area contributed by atoms with Crippen LogP contribution in [0.15, 0.2) is 23.2 Å². The van der Waals surface area contributed by atoms with Crippen molar-refractivity contribution in [3.8, 4) is 0 Å². The summed E-state index contributed by atoms with van der Waals surface area (Å²) < 4.78 is 34.2. The van der Waals surface area contributed by atoms with Gasteiger partial charge >= 0.3 is 0 Å². The van der Waals surface area contributed by atoms with E-state index in [0.717, 1.165) is 52.2 Å². The number of ether oxygens (including phenoxy) is 1. The highest BCUT2D eigenvalue weighted by molar-refractivity contribution is 14.0. The van der Waals surface area contributed by atoms with Crippen molar-refractivity contribution in [2.24, 2.45) is 10.9 Å². The lowest BCUT2D eigenvalue weighted by Gasteiger charge is -2.34. The zero-order chi connectivity index (χ0) is 22.2. The summed E-state index contributed by atoms with van der Waals surface area (Å²) in [5.74, 6) is 0.303. The molecule has 2 heterocycles. The maximum Gasteiger partial charge on any atom is 0.191 e. The van der Waals surface area contributed by atoms with E-state index in [1.807, 2.05) is 21.0 Å². The van der Waals surface area contributed by atoms with Crippen molar-refractivity contribution in [3.05, 3.63) is 35.4 Å². The molecule has 0 saturated carbocycles. The van der Waals surface area contributed by atoms with Gasteiger partial charge < -0.3 is 25.2 Å². The van der Waals surface area contributed by atoms with Crippen LogP contribution in [-0.2, 0) is 4.74 Å². The van der Waals surface area contributed by atoms with Crippen molar-refractivity contribution < 1.29 is 13.5 Å². The number of likely N-dealkylation sites (N-methyl/N-ethyl adjacent to an activating group) is 1. The average Bonchev–Trinajstić information content (AvgIpc) is 3.24. The van der Waals surface area contributed by atoms with E-state index in [1.165, 1.54) is 24.6 Å². The van der Waals surface area contributed by atoms with Gasteiger partial charge in [-0.2, -0.15) is 0 Å². The summed E-state index contributed by atoms with van der Waals surface area (Å²) in [7, 11) is 3.63. The van der Waals surface area contributed by atoms with E-state index in [9.17, 15) is 8.78 Å². The number of rotatable bonds is 8. The van der Waals surface area contributed by atoms with Gasteiger partial charge in [-0.05, 0) is 58.3 Å². The van der Waals surface area contributed by atoms with Gasteiger partial charge in [0.05, 0.1) is 19.2 Å². The van der Waals surface area contributed by atoms with Crippen LogP contribution in [0.1, 0.15) is 37.8 Å². The van der Waals surface area contributed by atoms with Crippen LogP contribution in [-0.4, -0.2) is 81.8 Å². The van der Waals surface area contributed by atoms with E-state index in [-0.39, 0.29) is 36.1 Å². The number of likely N-dealkylation sites (tertiary alicyclic amines) is 1. The van der Waals surface area contributed by atoms with Gasteiger partial charge in [0.2, 0.25) is 0 Å². The van der Waals surface area contributed by atoms with Crippen LogP contribution in [0.3, 0.4) is 0 Å². The first-order valence-corrected chi connectivity index (χ1v) is 11.4. The molecule has 2 saturated heterocycles. The number of nitrogens with one attached hydrogen (secondary N) is 2. The Bertz CT molecular complexity index is 702. The lowest BCUT2D eigenvalue weighted by molar-refractivity contribution is 0.150. The van der Waals surface area contributed by atoms with Crippen molar-refractivity contribution >= 4 is 29.9 Å². The number of hydrogen-bond donors (Lipinski definition) is 2. The molecule has 0 spiro atoms. The molecule has 2 aliphatic rings. The van der Waals surface area contributed by atoms with Crippen LogP contribution in [0.5, 0.6) is 0 Å². The lowest BCUT2D eigenvalue weighted by atomic mass is 10.0. The molecular formula is C23H38F2IN5O. The molecule has 1 aromatic carbocycles. The summed E-state index contributed by atoms with van der Waals surface area (Å²) in [5, 5.41) is 6.81. The first-order chi connectivity index (χ1) is 15.0.